The molecule has 23 heavy (non-hydrogen) atoms. The molecule has 0 unspecified atom stereocenters. The fourth-order valence-electron chi connectivity index (χ4n) is 1.96. The predicted molar refractivity (Wildman–Crippen MR) is 85.8 cm³/mol. The molecule has 0 heterocycles. The quantitative estimate of drug-likeness (QED) is 0.479. The van der Waals surface area contributed by atoms with Gasteiger partial charge in [-0.3, -0.25) is 0 Å². The number of carbonyl (C=O) groups is 1. The van der Waals surface area contributed by atoms with Crippen molar-refractivity contribution in [2.45, 2.75) is 11.4 Å². The second-order valence-electron chi connectivity index (χ2n) is 4.64. The lowest BCUT2D eigenvalue weighted by Crippen LogP contribution is -2.26. The average Bonchev–Trinajstić information content (AvgIpc) is 2.59. The number of ether oxygens (including phenoxy) is 1. The molecule has 2 rings (SSSR count). The van der Waals surface area contributed by atoms with Crippen LogP contribution in [0.2, 0.25) is 0 Å². The van der Waals surface area contributed by atoms with Crippen LogP contribution in [0.25, 0.3) is 0 Å². The van der Waals surface area contributed by atoms with Gasteiger partial charge in [0.15, 0.2) is 0 Å². The molecule has 5 nitrogen and oxygen atoms in total. The van der Waals surface area contributed by atoms with Crippen LogP contribution in [0.15, 0.2) is 59.5 Å². The number of terminal acetylenes is 1. The number of rotatable bonds is 5. The molecule has 6 heteroatoms. The molecular formula is C17H15NO4S. The van der Waals surface area contributed by atoms with E-state index in [0.29, 0.717) is 0 Å². The van der Waals surface area contributed by atoms with Crippen LogP contribution in [-0.4, -0.2) is 25.8 Å². The number of methoxy groups -OCH3 is 1. The zero-order chi connectivity index (χ0) is 16.9. The largest absolute Gasteiger partial charge is 0.465 e. The van der Waals surface area contributed by atoms with Crippen molar-refractivity contribution in [2.75, 3.05) is 7.11 Å². The maximum absolute atomic E-state index is 12.6. The lowest BCUT2D eigenvalue weighted by Gasteiger charge is -2.18. The van der Waals surface area contributed by atoms with Gasteiger partial charge in [-0.2, -0.15) is 0 Å². The van der Waals surface area contributed by atoms with Crippen molar-refractivity contribution in [3.8, 4) is 12.5 Å². The van der Waals surface area contributed by atoms with Gasteiger partial charge in [0.05, 0.1) is 24.1 Å². The van der Waals surface area contributed by atoms with Crippen LogP contribution in [0.5, 0.6) is 0 Å². The van der Waals surface area contributed by atoms with Gasteiger partial charge in [0, 0.05) is 6.04 Å². The zero-order valence-corrected chi connectivity index (χ0v) is 13.3. The van der Waals surface area contributed by atoms with Crippen molar-refractivity contribution in [3.63, 3.8) is 0 Å². The molecule has 2 aromatic rings. The second-order valence-corrected chi connectivity index (χ2v) is 6.50. The lowest BCUT2D eigenvalue weighted by molar-refractivity contribution is 0.0600. The summed E-state index contributed by atoms with van der Waals surface area (Å²) in [5.74, 6) is -0.535. The zero-order valence-electron chi connectivity index (χ0n) is 12.5. The minimum Gasteiger partial charge on any atom is -0.465 e. The molecule has 2 aromatic carbocycles. The second kappa shape index (κ2) is 6.99. The van der Waals surface area contributed by atoms with Crippen LogP contribution in [0.1, 0.15) is 15.9 Å². The van der Waals surface area contributed by atoms with E-state index in [1.54, 1.807) is 12.1 Å². The standard InChI is InChI=1S/C17H15NO4S/c1-3-18(13-14-7-5-4-6-8-14)23(20,21)16-11-9-15(10-12-16)17(19)22-2/h1,4-12H,13H2,2H3. The molecule has 0 aliphatic rings. The van der Waals surface area contributed by atoms with E-state index >= 15 is 0 Å². The van der Waals surface area contributed by atoms with Gasteiger partial charge in [0.25, 0.3) is 10.0 Å². The van der Waals surface area contributed by atoms with Gasteiger partial charge in [0.1, 0.15) is 0 Å². The number of carbonyl (C=O) groups excluding carboxylic acids is 1. The van der Waals surface area contributed by atoms with E-state index in [1.807, 2.05) is 18.2 Å². The molecule has 0 amide bonds. The van der Waals surface area contributed by atoms with E-state index in [-0.39, 0.29) is 17.0 Å². The minimum absolute atomic E-state index is 0.0130. The predicted octanol–water partition coefficient (Wildman–Crippen LogP) is 2.25. The Hall–Kier alpha value is -2.78. The maximum Gasteiger partial charge on any atom is 0.337 e. The highest BCUT2D eigenvalue weighted by Crippen LogP contribution is 2.18. The Morgan fingerprint density at radius 1 is 1.13 bits per heavy atom. The normalized spacial score (nSPS) is 10.6. The maximum atomic E-state index is 12.6. The molecule has 0 radical (unpaired) electrons. The third kappa shape index (κ3) is 3.71. The topological polar surface area (TPSA) is 63.7 Å². The van der Waals surface area contributed by atoms with E-state index in [4.69, 9.17) is 6.42 Å². The van der Waals surface area contributed by atoms with Crippen molar-refractivity contribution in [1.29, 1.82) is 0 Å². The first-order valence-electron chi connectivity index (χ1n) is 6.70. The Bertz CT molecular complexity index is 821. The Balaban J connectivity index is 2.28. The highest BCUT2D eigenvalue weighted by atomic mass is 32.2. The van der Waals surface area contributed by atoms with Crippen molar-refractivity contribution in [2.24, 2.45) is 0 Å². The van der Waals surface area contributed by atoms with E-state index in [2.05, 4.69) is 10.8 Å². The monoisotopic (exact) mass is 329 g/mol. The van der Waals surface area contributed by atoms with Gasteiger partial charge >= 0.3 is 5.97 Å². The van der Waals surface area contributed by atoms with Crippen LogP contribution in [0.3, 0.4) is 0 Å². The molecule has 0 spiro atoms. The Morgan fingerprint density at radius 3 is 2.26 bits per heavy atom. The summed E-state index contributed by atoms with van der Waals surface area (Å²) in [6.45, 7) is 0.0679. The number of hydrogen-bond acceptors (Lipinski definition) is 4. The number of nitrogens with zero attached hydrogens (tertiary/aromatic N) is 1. The summed E-state index contributed by atoms with van der Waals surface area (Å²) in [6, 6.07) is 16.7. The van der Waals surface area contributed by atoms with Crippen molar-refractivity contribution in [3.05, 3.63) is 65.7 Å². The molecule has 0 atom stereocenters. The first kappa shape index (κ1) is 16.6. The molecule has 0 saturated heterocycles. The molecule has 0 fully saturated rings. The third-order valence-electron chi connectivity index (χ3n) is 3.18. The summed E-state index contributed by atoms with van der Waals surface area (Å²) in [6.07, 6.45) is 5.37. The third-order valence-corrected chi connectivity index (χ3v) is 4.86. The molecule has 0 aromatic heterocycles. The summed E-state index contributed by atoms with van der Waals surface area (Å²) in [5, 5.41) is 0. The summed E-state index contributed by atoms with van der Waals surface area (Å²) >= 11 is 0. The summed E-state index contributed by atoms with van der Waals surface area (Å²) < 4.78 is 30.7. The van der Waals surface area contributed by atoms with Gasteiger partial charge in [-0.1, -0.05) is 36.8 Å². The van der Waals surface area contributed by atoms with E-state index < -0.39 is 16.0 Å². The molecule has 0 bridgehead atoms. The van der Waals surface area contributed by atoms with Crippen LogP contribution >= 0.6 is 0 Å². The lowest BCUT2D eigenvalue weighted by atomic mass is 10.2. The summed E-state index contributed by atoms with van der Waals surface area (Å²) in [4.78, 5) is 11.4. The fraction of sp³-hybridized carbons (Fsp3) is 0.118. The van der Waals surface area contributed by atoms with Crippen LogP contribution in [-0.2, 0) is 21.3 Å². The number of hydrogen-bond donors (Lipinski definition) is 0. The van der Waals surface area contributed by atoms with E-state index in [9.17, 15) is 13.2 Å². The van der Waals surface area contributed by atoms with Crippen molar-refractivity contribution >= 4 is 16.0 Å². The molecule has 0 saturated carbocycles. The van der Waals surface area contributed by atoms with Gasteiger partial charge in [-0.05, 0) is 29.8 Å². The molecule has 118 valence electrons. The SMILES string of the molecule is C#CN(Cc1ccccc1)S(=O)(=O)c1ccc(C(=O)OC)cc1. The summed E-state index contributed by atoms with van der Waals surface area (Å²) in [7, 11) is -2.60. The highest BCUT2D eigenvalue weighted by molar-refractivity contribution is 7.89. The van der Waals surface area contributed by atoms with Crippen molar-refractivity contribution in [1.82, 2.24) is 4.31 Å². The first-order valence-corrected chi connectivity index (χ1v) is 8.14. The van der Waals surface area contributed by atoms with Gasteiger partial charge in [-0.25, -0.2) is 17.5 Å². The Morgan fingerprint density at radius 2 is 1.74 bits per heavy atom. The first-order chi connectivity index (χ1) is 11.0. The number of sulfonamides is 1. The van der Waals surface area contributed by atoms with Gasteiger partial charge in [-0.15, -0.1) is 0 Å². The summed E-state index contributed by atoms with van der Waals surface area (Å²) in [5.41, 5.74) is 1.04. The average molecular weight is 329 g/mol. The van der Waals surface area contributed by atoms with Crippen LogP contribution in [0, 0.1) is 12.5 Å². The highest BCUT2D eigenvalue weighted by Gasteiger charge is 2.22. The molecular weight excluding hydrogens is 314 g/mol. The molecule has 0 N–H and O–H groups in total. The molecule has 0 aliphatic carbocycles. The minimum atomic E-state index is -3.85. The Kier molecular flexibility index (Phi) is 5.04. The number of benzene rings is 2. The van der Waals surface area contributed by atoms with E-state index in [0.717, 1.165) is 9.87 Å². The van der Waals surface area contributed by atoms with Crippen LogP contribution < -0.4 is 0 Å². The van der Waals surface area contributed by atoms with E-state index in [1.165, 1.54) is 31.4 Å². The Labute approximate surface area is 135 Å². The van der Waals surface area contributed by atoms with Crippen molar-refractivity contribution < 1.29 is 17.9 Å². The number of esters is 1. The van der Waals surface area contributed by atoms with Crippen LogP contribution in [0.4, 0.5) is 0 Å². The fourth-order valence-corrected chi connectivity index (χ4v) is 3.15. The smallest absolute Gasteiger partial charge is 0.337 e. The molecule has 0 aliphatic heterocycles. The van der Waals surface area contributed by atoms with Gasteiger partial charge in [0.2, 0.25) is 0 Å². The van der Waals surface area contributed by atoms with Gasteiger partial charge < -0.3 is 4.74 Å².